The molecule has 2 atom stereocenters. The second-order valence-electron chi connectivity index (χ2n) is 12.7. The number of nitrogens with one attached hydrogen (secondary N) is 2. The number of unbranched alkanes of at least 4 members (excludes halogenated alkanes) is 4. The predicted molar refractivity (Wildman–Crippen MR) is 175 cm³/mol. The van der Waals surface area contributed by atoms with E-state index in [1.165, 1.54) is 0 Å². The van der Waals surface area contributed by atoms with Gasteiger partial charge >= 0.3 is 6.09 Å². The Morgan fingerprint density at radius 3 is 2.09 bits per heavy atom. The summed E-state index contributed by atoms with van der Waals surface area (Å²) in [7, 11) is 0. The number of amides is 4. The van der Waals surface area contributed by atoms with E-state index in [1.54, 1.807) is 25.7 Å². The molecular weight excluding hydrogens is 556 g/mol. The normalized spacial score (nSPS) is 12.6. The van der Waals surface area contributed by atoms with Crippen molar-refractivity contribution < 1.29 is 23.9 Å². The fourth-order valence-corrected chi connectivity index (χ4v) is 5.06. The van der Waals surface area contributed by atoms with Crippen LogP contribution in [0.5, 0.6) is 0 Å². The Kier molecular flexibility index (Phi) is 13.9. The molecule has 4 N–H and O–H groups in total. The highest BCUT2D eigenvalue weighted by Gasteiger charge is 2.36. The van der Waals surface area contributed by atoms with Gasteiger partial charge in [-0.2, -0.15) is 0 Å². The summed E-state index contributed by atoms with van der Waals surface area (Å²) in [6.45, 7) is 15.4. The van der Waals surface area contributed by atoms with Gasteiger partial charge in [0.15, 0.2) is 0 Å². The van der Waals surface area contributed by atoms with Gasteiger partial charge < -0.3 is 26.0 Å². The molecule has 9 nitrogen and oxygen atoms in total. The van der Waals surface area contributed by atoms with Crippen molar-refractivity contribution in [1.29, 1.82) is 0 Å². The minimum Gasteiger partial charge on any atom is -0.444 e. The van der Waals surface area contributed by atoms with Gasteiger partial charge in [0.25, 0.3) is 5.91 Å². The molecule has 0 bridgehead atoms. The van der Waals surface area contributed by atoms with E-state index in [1.807, 2.05) is 64.1 Å². The van der Waals surface area contributed by atoms with Crippen molar-refractivity contribution in [3.8, 4) is 0 Å². The number of nitrogens with zero attached hydrogens (tertiary/aromatic N) is 1. The molecule has 242 valence electrons. The summed E-state index contributed by atoms with van der Waals surface area (Å²) in [5.41, 5.74) is 9.85. The molecule has 0 aliphatic carbocycles. The maximum Gasteiger partial charge on any atom is 0.408 e. The lowest BCUT2D eigenvalue weighted by Gasteiger charge is -2.35. The van der Waals surface area contributed by atoms with Gasteiger partial charge in [-0.1, -0.05) is 69.0 Å². The highest BCUT2D eigenvalue weighted by Crippen LogP contribution is 2.29. The van der Waals surface area contributed by atoms with Crippen molar-refractivity contribution in [3.05, 3.63) is 64.2 Å². The van der Waals surface area contributed by atoms with Crippen molar-refractivity contribution in [2.45, 2.75) is 118 Å². The first kappa shape index (κ1) is 36.3. The summed E-state index contributed by atoms with van der Waals surface area (Å²) in [4.78, 5) is 54.9. The molecule has 2 aromatic carbocycles. The number of ether oxygens (including phenoxy) is 1. The number of carbonyl (C=O) groups is 4. The van der Waals surface area contributed by atoms with Crippen LogP contribution in [0.15, 0.2) is 36.4 Å². The fraction of sp³-hybridized carbons (Fsp3) is 0.543. The van der Waals surface area contributed by atoms with Crippen LogP contribution in [-0.2, 0) is 19.1 Å². The van der Waals surface area contributed by atoms with E-state index in [-0.39, 0.29) is 25.3 Å². The summed E-state index contributed by atoms with van der Waals surface area (Å²) in [5, 5.41) is 5.76. The maximum atomic E-state index is 14.5. The molecular formula is C35H52N4O5. The molecule has 0 heterocycles. The average molecular weight is 609 g/mol. The maximum absolute atomic E-state index is 14.5. The Hall–Kier alpha value is -3.88. The lowest BCUT2D eigenvalue weighted by molar-refractivity contribution is -0.141. The number of hydrogen-bond donors (Lipinski definition) is 3. The number of alkyl carbamates (subject to hydrolysis) is 1. The number of nitrogens with two attached hydrogens (primary N) is 1. The van der Waals surface area contributed by atoms with Gasteiger partial charge in [-0.3, -0.25) is 14.4 Å². The van der Waals surface area contributed by atoms with Crippen LogP contribution < -0.4 is 16.4 Å². The van der Waals surface area contributed by atoms with Crippen LogP contribution in [0, 0.1) is 27.7 Å². The zero-order valence-electron chi connectivity index (χ0n) is 27.8. The van der Waals surface area contributed by atoms with Gasteiger partial charge in [-0.05, 0) is 89.1 Å². The SMILES string of the molecule is CCCCCCCN(C(=O)C(CCC(N)=O)NC(=O)OC(C)(C)C)C(C(=O)Nc1c(C)cccc1C)c1ccc(C)c(C)c1. The molecule has 0 radical (unpaired) electrons. The third-order valence-electron chi connectivity index (χ3n) is 7.59. The molecule has 0 spiro atoms. The fourth-order valence-electron chi connectivity index (χ4n) is 5.06. The second kappa shape index (κ2) is 16.8. The molecule has 0 fully saturated rings. The second-order valence-corrected chi connectivity index (χ2v) is 12.7. The molecule has 0 saturated carbocycles. The van der Waals surface area contributed by atoms with Crippen molar-refractivity contribution in [2.24, 2.45) is 5.73 Å². The lowest BCUT2D eigenvalue weighted by Crippen LogP contribution is -2.53. The highest BCUT2D eigenvalue weighted by atomic mass is 16.6. The highest BCUT2D eigenvalue weighted by molar-refractivity contribution is 6.00. The first-order chi connectivity index (χ1) is 20.6. The molecule has 9 heteroatoms. The van der Waals surface area contributed by atoms with Crippen molar-refractivity contribution >= 4 is 29.5 Å². The van der Waals surface area contributed by atoms with Crippen LogP contribution in [-0.4, -0.2) is 46.9 Å². The Morgan fingerprint density at radius 2 is 1.52 bits per heavy atom. The smallest absolute Gasteiger partial charge is 0.408 e. The topological polar surface area (TPSA) is 131 Å². The lowest BCUT2D eigenvalue weighted by atomic mass is 9.97. The van der Waals surface area contributed by atoms with Crippen molar-refractivity contribution in [2.75, 3.05) is 11.9 Å². The third-order valence-corrected chi connectivity index (χ3v) is 7.59. The summed E-state index contributed by atoms with van der Waals surface area (Å²) >= 11 is 0. The molecule has 2 rings (SSSR count). The Balaban J connectivity index is 2.62. The Labute approximate surface area is 263 Å². The number of anilines is 1. The number of carbonyl (C=O) groups excluding carboxylic acids is 4. The quantitative estimate of drug-likeness (QED) is 0.197. The average Bonchev–Trinajstić information content (AvgIpc) is 2.92. The van der Waals surface area contributed by atoms with E-state index >= 15 is 0 Å². The van der Waals surface area contributed by atoms with Gasteiger partial charge in [0.05, 0.1) is 0 Å². The Bertz CT molecular complexity index is 1280. The molecule has 0 aromatic heterocycles. The van der Waals surface area contributed by atoms with Gasteiger partial charge in [-0.15, -0.1) is 0 Å². The zero-order chi connectivity index (χ0) is 33.0. The predicted octanol–water partition coefficient (Wildman–Crippen LogP) is 6.56. The monoisotopic (exact) mass is 608 g/mol. The molecule has 4 amide bonds. The molecule has 2 aromatic rings. The summed E-state index contributed by atoms with van der Waals surface area (Å²) < 4.78 is 5.44. The minimum absolute atomic E-state index is 0.0299. The van der Waals surface area contributed by atoms with Crippen LogP contribution in [0.4, 0.5) is 10.5 Å². The van der Waals surface area contributed by atoms with Crippen LogP contribution >= 0.6 is 0 Å². The third kappa shape index (κ3) is 11.3. The van der Waals surface area contributed by atoms with Crippen LogP contribution in [0.1, 0.15) is 106 Å². The van der Waals surface area contributed by atoms with E-state index in [0.717, 1.165) is 47.9 Å². The largest absolute Gasteiger partial charge is 0.444 e. The van der Waals surface area contributed by atoms with E-state index in [4.69, 9.17) is 10.5 Å². The number of primary amides is 1. The van der Waals surface area contributed by atoms with E-state index < -0.39 is 35.6 Å². The van der Waals surface area contributed by atoms with Gasteiger partial charge in [-0.25, -0.2) is 4.79 Å². The van der Waals surface area contributed by atoms with Crippen LogP contribution in [0.25, 0.3) is 0 Å². The molecule has 2 unspecified atom stereocenters. The molecule has 0 aliphatic heterocycles. The summed E-state index contributed by atoms with van der Waals surface area (Å²) in [6.07, 6.45) is 3.75. The number of hydrogen-bond acceptors (Lipinski definition) is 5. The summed E-state index contributed by atoms with van der Waals surface area (Å²) in [6, 6.07) is 9.40. The number of para-hydroxylation sites is 1. The number of benzene rings is 2. The minimum atomic E-state index is -1.13. The van der Waals surface area contributed by atoms with Crippen molar-refractivity contribution in [3.63, 3.8) is 0 Å². The molecule has 0 aliphatic rings. The Morgan fingerprint density at radius 1 is 0.886 bits per heavy atom. The zero-order valence-corrected chi connectivity index (χ0v) is 27.8. The van der Waals surface area contributed by atoms with Gasteiger partial charge in [0.1, 0.15) is 17.7 Å². The summed E-state index contributed by atoms with van der Waals surface area (Å²) in [5.74, 6) is -1.44. The van der Waals surface area contributed by atoms with E-state index in [9.17, 15) is 19.2 Å². The number of rotatable bonds is 15. The molecule has 44 heavy (non-hydrogen) atoms. The number of aryl methyl sites for hydroxylation is 4. The van der Waals surface area contributed by atoms with E-state index in [0.29, 0.717) is 17.7 Å². The van der Waals surface area contributed by atoms with Gasteiger partial charge in [0.2, 0.25) is 11.8 Å². The van der Waals surface area contributed by atoms with E-state index in [2.05, 4.69) is 17.6 Å². The van der Waals surface area contributed by atoms with Crippen molar-refractivity contribution in [1.82, 2.24) is 10.2 Å². The van der Waals surface area contributed by atoms with Gasteiger partial charge in [0, 0.05) is 18.7 Å². The van der Waals surface area contributed by atoms with Crippen LogP contribution in [0.3, 0.4) is 0 Å². The first-order valence-electron chi connectivity index (χ1n) is 15.7. The molecule has 0 saturated heterocycles. The standard InChI is InChI=1S/C35H52N4O5/c1-9-10-11-12-13-21-39(33(42)28(19-20-29(36)40)37-34(43)44-35(6,7)8)31(27-18-17-23(2)26(5)22-27)32(41)38-30-24(3)15-14-16-25(30)4/h14-18,22,28,31H,9-13,19-21H2,1-8H3,(H2,36,40)(H,37,43)(H,38,41). The first-order valence-corrected chi connectivity index (χ1v) is 15.7. The van der Waals surface area contributed by atoms with Crippen LogP contribution in [0.2, 0.25) is 0 Å².